The average Bonchev–Trinajstić information content (AvgIpc) is 3.17. The molecule has 0 saturated carbocycles. The Balaban J connectivity index is 1.77. The maximum absolute atomic E-state index is 13.0. The second-order valence-electron chi connectivity index (χ2n) is 6.65. The highest BCUT2D eigenvalue weighted by molar-refractivity contribution is 6.06. The topological polar surface area (TPSA) is 59.8 Å². The zero-order valence-electron chi connectivity index (χ0n) is 15.8. The zero-order valence-corrected chi connectivity index (χ0v) is 15.8. The fraction of sp³-hybridized carbons (Fsp3) is 0.0870. The Morgan fingerprint density at radius 1 is 0.857 bits per heavy atom. The molecule has 5 nitrogen and oxygen atoms in total. The number of carbonyl (C=O) groups is 1. The van der Waals surface area contributed by atoms with Gasteiger partial charge in [0, 0.05) is 11.3 Å². The van der Waals surface area contributed by atoms with Crippen molar-refractivity contribution in [2.45, 2.75) is 13.8 Å². The van der Waals surface area contributed by atoms with E-state index >= 15 is 0 Å². The number of hydrogen-bond acceptors (Lipinski definition) is 3. The fourth-order valence-corrected chi connectivity index (χ4v) is 3.05. The number of carbonyl (C=O) groups excluding carboxylic acids is 1. The molecule has 1 heterocycles. The van der Waals surface area contributed by atoms with Crippen molar-refractivity contribution >= 4 is 11.6 Å². The molecule has 4 aromatic rings. The summed E-state index contributed by atoms with van der Waals surface area (Å²) in [6.45, 7) is 4.06. The molecule has 1 aromatic heterocycles. The van der Waals surface area contributed by atoms with Gasteiger partial charge in [-0.05, 0) is 49.2 Å². The number of anilines is 1. The van der Waals surface area contributed by atoms with E-state index in [1.165, 1.54) is 5.56 Å². The SMILES string of the molecule is Cc1ccc(NC(=O)c2nnn(-c3ccccc3)c2-c2ccccc2)cc1C. The molecule has 0 saturated heterocycles. The summed E-state index contributed by atoms with van der Waals surface area (Å²) in [5, 5.41) is 11.4. The summed E-state index contributed by atoms with van der Waals surface area (Å²) in [6.07, 6.45) is 0. The maximum atomic E-state index is 13.0. The third kappa shape index (κ3) is 3.42. The molecule has 0 fully saturated rings. The fourth-order valence-electron chi connectivity index (χ4n) is 3.05. The zero-order chi connectivity index (χ0) is 19.5. The van der Waals surface area contributed by atoms with Crippen LogP contribution in [-0.2, 0) is 0 Å². The molecule has 0 unspecified atom stereocenters. The Hall–Kier alpha value is -3.73. The van der Waals surface area contributed by atoms with Gasteiger partial charge in [-0.2, -0.15) is 0 Å². The van der Waals surface area contributed by atoms with Gasteiger partial charge in [0.15, 0.2) is 5.69 Å². The van der Waals surface area contributed by atoms with E-state index in [9.17, 15) is 4.79 Å². The van der Waals surface area contributed by atoms with Crippen LogP contribution in [0.25, 0.3) is 16.9 Å². The van der Waals surface area contributed by atoms with Crippen LogP contribution in [0, 0.1) is 13.8 Å². The number of aromatic nitrogens is 3. The number of benzene rings is 3. The summed E-state index contributed by atoms with van der Waals surface area (Å²) in [4.78, 5) is 13.0. The van der Waals surface area contributed by atoms with Crippen molar-refractivity contribution in [3.8, 4) is 16.9 Å². The summed E-state index contributed by atoms with van der Waals surface area (Å²) < 4.78 is 1.70. The lowest BCUT2D eigenvalue weighted by molar-refractivity contribution is 0.102. The third-order valence-corrected chi connectivity index (χ3v) is 4.70. The van der Waals surface area contributed by atoms with Crippen LogP contribution in [0.1, 0.15) is 21.6 Å². The summed E-state index contributed by atoms with van der Waals surface area (Å²) in [5.41, 5.74) is 5.70. The first-order valence-corrected chi connectivity index (χ1v) is 9.08. The van der Waals surface area contributed by atoms with Crippen molar-refractivity contribution in [1.29, 1.82) is 0 Å². The van der Waals surface area contributed by atoms with E-state index in [1.54, 1.807) is 4.68 Å². The Kier molecular flexibility index (Phi) is 4.72. The molecular weight excluding hydrogens is 348 g/mol. The lowest BCUT2D eigenvalue weighted by atomic mass is 10.1. The van der Waals surface area contributed by atoms with E-state index in [0.717, 1.165) is 22.5 Å². The second-order valence-corrected chi connectivity index (χ2v) is 6.65. The molecule has 0 bridgehead atoms. The van der Waals surface area contributed by atoms with Crippen LogP contribution in [-0.4, -0.2) is 20.9 Å². The minimum absolute atomic E-state index is 0.285. The summed E-state index contributed by atoms with van der Waals surface area (Å²) >= 11 is 0. The summed E-state index contributed by atoms with van der Waals surface area (Å²) in [7, 11) is 0. The molecular formula is C23H20N4O. The number of aryl methyl sites for hydroxylation is 2. The van der Waals surface area contributed by atoms with Gasteiger partial charge in [-0.3, -0.25) is 4.79 Å². The normalized spacial score (nSPS) is 10.6. The largest absolute Gasteiger partial charge is 0.321 e. The molecule has 28 heavy (non-hydrogen) atoms. The molecule has 138 valence electrons. The van der Waals surface area contributed by atoms with E-state index in [-0.39, 0.29) is 11.6 Å². The monoisotopic (exact) mass is 368 g/mol. The van der Waals surface area contributed by atoms with Gasteiger partial charge in [-0.15, -0.1) is 5.10 Å². The lowest BCUT2D eigenvalue weighted by Crippen LogP contribution is -2.14. The van der Waals surface area contributed by atoms with Crippen LogP contribution in [0.3, 0.4) is 0 Å². The molecule has 0 spiro atoms. The Bertz CT molecular complexity index is 1120. The van der Waals surface area contributed by atoms with Crippen LogP contribution < -0.4 is 5.32 Å². The molecule has 3 aromatic carbocycles. The minimum atomic E-state index is -0.288. The Morgan fingerprint density at radius 3 is 2.21 bits per heavy atom. The van der Waals surface area contributed by atoms with Crippen molar-refractivity contribution in [3.05, 3.63) is 95.7 Å². The van der Waals surface area contributed by atoms with Crippen LogP contribution in [0.5, 0.6) is 0 Å². The molecule has 4 rings (SSSR count). The molecule has 0 aliphatic carbocycles. The Labute approximate surface area is 163 Å². The maximum Gasteiger partial charge on any atom is 0.278 e. The van der Waals surface area contributed by atoms with Crippen LogP contribution in [0.2, 0.25) is 0 Å². The molecule has 5 heteroatoms. The molecule has 0 atom stereocenters. The molecule has 0 aliphatic rings. The Morgan fingerprint density at radius 2 is 1.54 bits per heavy atom. The van der Waals surface area contributed by atoms with Crippen molar-refractivity contribution in [2.75, 3.05) is 5.32 Å². The van der Waals surface area contributed by atoms with Gasteiger partial charge >= 0.3 is 0 Å². The number of para-hydroxylation sites is 1. The van der Waals surface area contributed by atoms with E-state index in [1.807, 2.05) is 92.7 Å². The van der Waals surface area contributed by atoms with Crippen LogP contribution >= 0.6 is 0 Å². The summed E-state index contributed by atoms with van der Waals surface area (Å²) in [6, 6.07) is 25.2. The number of rotatable bonds is 4. The van der Waals surface area contributed by atoms with Gasteiger partial charge in [0.2, 0.25) is 0 Å². The number of hydrogen-bond donors (Lipinski definition) is 1. The number of nitrogens with one attached hydrogen (secondary N) is 1. The first-order chi connectivity index (χ1) is 13.6. The van der Waals surface area contributed by atoms with E-state index < -0.39 is 0 Å². The molecule has 1 N–H and O–H groups in total. The predicted molar refractivity (Wildman–Crippen MR) is 111 cm³/mol. The highest BCUT2D eigenvalue weighted by atomic mass is 16.2. The van der Waals surface area contributed by atoms with E-state index in [4.69, 9.17) is 0 Å². The van der Waals surface area contributed by atoms with Crippen molar-refractivity contribution < 1.29 is 4.79 Å². The minimum Gasteiger partial charge on any atom is -0.321 e. The predicted octanol–water partition coefficient (Wildman–Crippen LogP) is 4.80. The highest BCUT2D eigenvalue weighted by Crippen LogP contribution is 2.26. The smallest absolute Gasteiger partial charge is 0.278 e. The van der Waals surface area contributed by atoms with Crippen LogP contribution in [0.15, 0.2) is 78.9 Å². The van der Waals surface area contributed by atoms with Gasteiger partial charge in [0.1, 0.15) is 5.69 Å². The van der Waals surface area contributed by atoms with Gasteiger partial charge in [-0.25, -0.2) is 4.68 Å². The quantitative estimate of drug-likeness (QED) is 0.563. The average molecular weight is 368 g/mol. The number of amides is 1. The molecule has 0 radical (unpaired) electrons. The van der Waals surface area contributed by atoms with Gasteiger partial charge in [-0.1, -0.05) is 59.8 Å². The van der Waals surface area contributed by atoms with Gasteiger partial charge in [0.25, 0.3) is 5.91 Å². The standard InChI is InChI=1S/C23H20N4O/c1-16-13-14-19(15-17(16)2)24-23(28)21-22(18-9-5-3-6-10-18)27(26-25-21)20-11-7-4-8-12-20/h3-15H,1-2H3,(H,24,28). The third-order valence-electron chi connectivity index (χ3n) is 4.70. The van der Waals surface area contributed by atoms with E-state index in [0.29, 0.717) is 5.69 Å². The van der Waals surface area contributed by atoms with Crippen molar-refractivity contribution in [3.63, 3.8) is 0 Å². The van der Waals surface area contributed by atoms with Crippen LogP contribution in [0.4, 0.5) is 5.69 Å². The second kappa shape index (κ2) is 7.48. The molecule has 1 amide bonds. The van der Waals surface area contributed by atoms with Gasteiger partial charge < -0.3 is 5.32 Å². The van der Waals surface area contributed by atoms with Crippen molar-refractivity contribution in [1.82, 2.24) is 15.0 Å². The van der Waals surface area contributed by atoms with Crippen molar-refractivity contribution in [2.24, 2.45) is 0 Å². The van der Waals surface area contributed by atoms with Gasteiger partial charge in [0.05, 0.1) is 5.69 Å². The first-order valence-electron chi connectivity index (χ1n) is 9.08. The first kappa shape index (κ1) is 17.7. The lowest BCUT2D eigenvalue weighted by Gasteiger charge is -2.10. The van der Waals surface area contributed by atoms with E-state index in [2.05, 4.69) is 15.6 Å². The highest BCUT2D eigenvalue weighted by Gasteiger charge is 2.22. The molecule has 0 aliphatic heterocycles. The number of nitrogens with zero attached hydrogens (tertiary/aromatic N) is 3. The summed E-state index contributed by atoms with van der Waals surface area (Å²) in [5.74, 6) is -0.288.